The number of nitrogens with zero attached hydrogens (tertiary/aromatic N) is 1. The maximum atomic E-state index is 11.3. The number of benzene rings is 1. The van der Waals surface area contributed by atoms with E-state index in [9.17, 15) is 9.59 Å². The van der Waals surface area contributed by atoms with Gasteiger partial charge in [0, 0.05) is 11.4 Å². The van der Waals surface area contributed by atoms with E-state index in [4.69, 9.17) is 9.84 Å². The number of hydrogen-bond donors (Lipinski definition) is 2. The minimum Gasteiger partial charge on any atom is -0.493 e. The fraction of sp³-hybridized carbons (Fsp3) is 0.214. The Labute approximate surface area is 125 Å². The number of aryl methyl sites for hydroxylation is 1. The molecule has 0 unspecified atom stereocenters. The number of thioether (sulfide) groups is 1. The lowest BCUT2D eigenvalue weighted by atomic mass is 10.2. The van der Waals surface area contributed by atoms with Crippen LogP contribution in [0.5, 0.6) is 5.75 Å². The smallest absolute Gasteiger partial charge is 0.346 e. The first-order chi connectivity index (χ1) is 10.1. The molecule has 110 valence electrons. The van der Waals surface area contributed by atoms with Crippen molar-refractivity contribution in [1.82, 2.24) is 9.97 Å². The van der Waals surface area contributed by atoms with E-state index in [0.717, 1.165) is 5.75 Å². The molecule has 0 amide bonds. The topological polar surface area (TPSA) is 92.3 Å². The van der Waals surface area contributed by atoms with E-state index in [1.54, 1.807) is 0 Å². The normalized spacial score (nSPS) is 10.3. The predicted octanol–water partition coefficient (Wildman–Crippen LogP) is 1.95. The van der Waals surface area contributed by atoms with Gasteiger partial charge in [0.2, 0.25) is 0 Å². The average Bonchev–Trinajstić information content (AvgIpc) is 2.43. The number of carboxylic acids is 1. The van der Waals surface area contributed by atoms with E-state index >= 15 is 0 Å². The van der Waals surface area contributed by atoms with E-state index in [1.807, 2.05) is 30.3 Å². The van der Waals surface area contributed by atoms with Gasteiger partial charge < -0.3 is 14.8 Å². The molecule has 0 bridgehead atoms. The lowest BCUT2D eigenvalue weighted by molar-refractivity contribution is 0.0690. The molecule has 21 heavy (non-hydrogen) atoms. The summed E-state index contributed by atoms with van der Waals surface area (Å²) in [5.41, 5.74) is -0.225. The fourth-order valence-electron chi connectivity index (χ4n) is 1.73. The fourth-order valence-corrected chi connectivity index (χ4v) is 2.62. The minimum absolute atomic E-state index is 0.0271. The molecule has 2 aromatic rings. The number of aromatic carboxylic acids is 1. The highest BCUT2D eigenvalue weighted by Crippen LogP contribution is 2.21. The van der Waals surface area contributed by atoms with Gasteiger partial charge in [0.25, 0.3) is 0 Å². The zero-order chi connectivity index (χ0) is 15.2. The first-order valence-electron chi connectivity index (χ1n) is 6.23. The van der Waals surface area contributed by atoms with Gasteiger partial charge in [-0.2, -0.15) is 4.98 Å². The summed E-state index contributed by atoms with van der Waals surface area (Å²) in [7, 11) is 0. The van der Waals surface area contributed by atoms with Crippen LogP contribution in [0.15, 0.2) is 40.2 Å². The Morgan fingerprint density at radius 3 is 2.76 bits per heavy atom. The van der Waals surface area contributed by atoms with Crippen molar-refractivity contribution in [2.24, 2.45) is 0 Å². The Bertz CT molecular complexity index is 685. The Balaban J connectivity index is 2.00. The number of nitrogens with one attached hydrogen (secondary N) is 1. The van der Waals surface area contributed by atoms with Gasteiger partial charge in [0.05, 0.1) is 6.61 Å². The van der Waals surface area contributed by atoms with Crippen LogP contribution in [0, 0.1) is 6.92 Å². The number of H-pyrrole nitrogens is 1. The Kier molecular flexibility index (Phi) is 4.99. The highest BCUT2D eigenvalue weighted by Gasteiger charge is 2.16. The third kappa shape index (κ3) is 4.09. The molecule has 7 heteroatoms. The second-order valence-corrected chi connectivity index (χ2v) is 5.25. The van der Waals surface area contributed by atoms with E-state index < -0.39 is 11.7 Å². The average molecular weight is 306 g/mol. The van der Waals surface area contributed by atoms with Gasteiger partial charge in [0.1, 0.15) is 16.3 Å². The van der Waals surface area contributed by atoms with Gasteiger partial charge >= 0.3 is 11.7 Å². The number of carbonyl (C=O) groups is 1. The van der Waals surface area contributed by atoms with Crippen LogP contribution >= 0.6 is 11.8 Å². The summed E-state index contributed by atoms with van der Waals surface area (Å²) in [4.78, 5) is 28.6. The molecule has 0 aliphatic carbocycles. The van der Waals surface area contributed by atoms with Crippen molar-refractivity contribution in [1.29, 1.82) is 0 Å². The number of carboxylic acid groups (broad SMARTS) is 1. The van der Waals surface area contributed by atoms with Crippen LogP contribution < -0.4 is 10.4 Å². The third-order valence-corrected chi connectivity index (χ3v) is 3.57. The van der Waals surface area contributed by atoms with Gasteiger partial charge in [-0.25, -0.2) is 9.59 Å². The van der Waals surface area contributed by atoms with Gasteiger partial charge in [-0.3, -0.25) is 0 Å². The first kappa shape index (κ1) is 15.1. The monoisotopic (exact) mass is 306 g/mol. The Hall–Kier alpha value is -2.28. The summed E-state index contributed by atoms with van der Waals surface area (Å²) < 4.78 is 5.51. The maximum Gasteiger partial charge on any atom is 0.346 e. The van der Waals surface area contributed by atoms with Crippen molar-refractivity contribution < 1.29 is 14.6 Å². The van der Waals surface area contributed by atoms with E-state index in [2.05, 4.69) is 9.97 Å². The van der Waals surface area contributed by atoms with Gasteiger partial charge in [-0.15, -0.1) is 11.8 Å². The SMILES string of the molecule is Cc1[nH]c(=O)nc(SCCOc2ccccc2)c1C(=O)O. The predicted molar refractivity (Wildman–Crippen MR) is 79.2 cm³/mol. The molecular weight excluding hydrogens is 292 g/mol. The van der Waals surface area contributed by atoms with Crippen molar-refractivity contribution in [3.63, 3.8) is 0 Å². The first-order valence-corrected chi connectivity index (χ1v) is 7.21. The molecule has 0 saturated heterocycles. The van der Waals surface area contributed by atoms with Crippen LogP contribution in [0.2, 0.25) is 0 Å². The molecule has 6 nitrogen and oxygen atoms in total. The molecule has 2 rings (SSSR count). The lowest BCUT2D eigenvalue weighted by Gasteiger charge is -2.08. The number of hydrogen-bond acceptors (Lipinski definition) is 5. The van der Waals surface area contributed by atoms with E-state index in [-0.39, 0.29) is 10.6 Å². The molecule has 1 heterocycles. The third-order valence-electron chi connectivity index (χ3n) is 2.63. The highest BCUT2D eigenvalue weighted by atomic mass is 32.2. The van der Waals surface area contributed by atoms with E-state index in [1.165, 1.54) is 18.7 Å². The molecule has 0 atom stereocenters. The van der Waals surface area contributed by atoms with Crippen LogP contribution in [0.4, 0.5) is 0 Å². The van der Waals surface area contributed by atoms with Gasteiger partial charge in [0.15, 0.2) is 0 Å². The van der Waals surface area contributed by atoms with Crippen molar-refractivity contribution in [2.45, 2.75) is 11.9 Å². The second kappa shape index (κ2) is 6.94. The van der Waals surface area contributed by atoms with Crippen molar-refractivity contribution in [2.75, 3.05) is 12.4 Å². The molecule has 0 saturated carbocycles. The summed E-state index contributed by atoms with van der Waals surface area (Å²) >= 11 is 1.19. The summed E-state index contributed by atoms with van der Waals surface area (Å²) in [5.74, 6) is 0.125. The molecule has 1 aromatic heterocycles. The summed E-state index contributed by atoms with van der Waals surface area (Å²) in [5, 5.41) is 9.37. The summed E-state index contributed by atoms with van der Waals surface area (Å²) in [6.45, 7) is 1.93. The number of para-hydroxylation sites is 1. The quantitative estimate of drug-likeness (QED) is 0.481. The number of ether oxygens (including phenoxy) is 1. The minimum atomic E-state index is -1.11. The van der Waals surface area contributed by atoms with Crippen molar-refractivity contribution in [3.8, 4) is 5.75 Å². The molecule has 0 fully saturated rings. The Morgan fingerprint density at radius 2 is 2.10 bits per heavy atom. The maximum absolute atomic E-state index is 11.3. The van der Waals surface area contributed by atoms with Crippen molar-refractivity contribution in [3.05, 3.63) is 52.1 Å². The second-order valence-electron chi connectivity index (χ2n) is 4.16. The molecule has 0 spiro atoms. The zero-order valence-corrected chi connectivity index (χ0v) is 12.1. The number of rotatable bonds is 6. The molecule has 2 N–H and O–H groups in total. The molecular formula is C14H14N2O4S. The molecule has 0 aliphatic heterocycles. The number of aromatic nitrogens is 2. The zero-order valence-electron chi connectivity index (χ0n) is 11.3. The molecule has 0 aliphatic rings. The summed E-state index contributed by atoms with van der Waals surface area (Å²) in [6, 6.07) is 9.30. The van der Waals surface area contributed by atoms with Crippen LogP contribution in [0.1, 0.15) is 16.1 Å². The summed E-state index contributed by atoms with van der Waals surface area (Å²) in [6.07, 6.45) is 0. The highest BCUT2D eigenvalue weighted by molar-refractivity contribution is 7.99. The standard InChI is InChI=1S/C14H14N2O4S/c1-9-11(13(17)18)12(16-14(19)15-9)21-8-7-20-10-5-3-2-4-6-10/h2-6H,7-8H2,1H3,(H,17,18)(H,15,16,19). The van der Waals surface area contributed by atoms with Crippen molar-refractivity contribution >= 4 is 17.7 Å². The van der Waals surface area contributed by atoms with Crippen LogP contribution in [-0.2, 0) is 0 Å². The van der Waals surface area contributed by atoms with Crippen LogP contribution in [0.25, 0.3) is 0 Å². The molecule has 1 aromatic carbocycles. The lowest BCUT2D eigenvalue weighted by Crippen LogP contribution is -2.18. The van der Waals surface area contributed by atoms with E-state index in [0.29, 0.717) is 18.1 Å². The number of aromatic amines is 1. The van der Waals surface area contributed by atoms with Gasteiger partial charge in [-0.05, 0) is 19.1 Å². The molecule has 0 radical (unpaired) electrons. The van der Waals surface area contributed by atoms with Crippen LogP contribution in [0.3, 0.4) is 0 Å². The largest absolute Gasteiger partial charge is 0.493 e. The Morgan fingerprint density at radius 1 is 1.38 bits per heavy atom. The van der Waals surface area contributed by atoms with Crippen LogP contribution in [-0.4, -0.2) is 33.4 Å². The van der Waals surface area contributed by atoms with Gasteiger partial charge in [-0.1, -0.05) is 18.2 Å².